The monoisotopic (exact) mass is 574 g/mol. The van der Waals surface area contributed by atoms with Crippen LogP contribution in [0, 0.1) is 0 Å². The highest BCUT2D eigenvalue weighted by Gasteiger charge is 2.39. The SMILES string of the molecule is CO.NC(=O)CNC(=O)c1ccc(/C=C/C(c2cc(Cl)c(Cl)c(Cl)c2)C(F)(F)F)cc1Br. The van der Waals surface area contributed by atoms with Crippen LogP contribution in [-0.2, 0) is 4.79 Å². The van der Waals surface area contributed by atoms with Crippen LogP contribution in [0.15, 0.2) is 40.9 Å². The van der Waals surface area contributed by atoms with E-state index in [1.54, 1.807) is 0 Å². The first-order valence-corrected chi connectivity index (χ1v) is 10.5. The first kappa shape index (κ1) is 28.3. The van der Waals surface area contributed by atoms with Gasteiger partial charge in [0.05, 0.1) is 33.1 Å². The number of aliphatic hydroxyl groups is 1. The Morgan fingerprint density at radius 2 is 1.72 bits per heavy atom. The zero-order valence-corrected chi connectivity index (χ0v) is 20.2. The molecule has 2 amide bonds. The van der Waals surface area contributed by atoms with Crippen LogP contribution in [0.25, 0.3) is 6.08 Å². The summed E-state index contributed by atoms with van der Waals surface area (Å²) in [7, 11) is 1.00. The zero-order valence-electron chi connectivity index (χ0n) is 16.3. The number of allylic oxidation sites excluding steroid dienone is 1. The van der Waals surface area contributed by atoms with Crippen molar-refractivity contribution in [2.75, 3.05) is 13.7 Å². The van der Waals surface area contributed by atoms with Crippen molar-refractivity contribution in [2.24, 2.45) is 5.73 Å². The minimum Gasteiger partial charge on any atom is -0.400 e. The number of alkyl halides is 3. The van der Waals surface area contributed by atoms with Gasteiger partial charge in [0, 0.05) is 11.6 Å². The summed E-state index contributed by atoms with van der Waals surface area (Å²) in [6.45, 7) is -0.341. The van der Waals surface area contributed by atoms with Crippen molar-refractivity contribution in [3.8, 4) is 0 Å². The lowest BCUT2D eigenvalue weighted by Crippen LogP contribution is -2.33. The Labute approximate surface area is 205 Å². The van der Waals surface area contributed by atoms with Gasteiger partial charge in [-0.1, -0.05) is 53.0 Å². The molecule has 0 aliphatic carbocycles. The molecule has 0 aromatic heterocycles. The number of carbonyl (C=O) groups excluding carboxylic acids is 2. The van der Waals surface area contributed by atoms with E-state index in [0.29, 0.717) is 10.0 Å². The average Bonchev–Trinajstić information content (AvgIpc) is 2.71. The standard InChI is InChI=1S/C19H13BrCl3F3N2O2.CH4O/c20-13-5-9(1-3-11(13)18(30)28-8-16(27)29)2-4-12(19(24,25)26)10-6-14(21)17(23)15(22)7-10;1-2/h1-7,12H,8H2,(H2,27,29)(H,28,30);2H,1H3/b4-2+;. The fourth-order valence-corrected chi connectivity index (χ4v) is 3.64. The van der Waals surface area contributed by atoms with E-state index in [4.69, 9.17) is 45.6 Å². The first-order valence-electron chi connectivity index (χ1n) is 8.60. The second kappa shape index (κ2) is 12.5. The minimum atomic E-state index is -4.61. The van der Waals surface area contributed by atoms with Crippen molar-refractivity contribution in [3.05, 3.63) is 72.6 Å². The van der Waals surface area contributed by atoms with E-state index < -0.39 is 23.9 Å². The van der Waals surface area contributed by atoms with E-state index in [1.165, 1.54) is 24.3 Å². The molecule has 32 heavy (non-hydrogen) atoms. The van der Waals surface area contributed by atoms with E-state index in [9.17, 15) is 22.8 Å². The summed E-state index contributed by atoms with van der Waals surface area (Å²) < 4.78 is 41.1. The fraction of sp³-hybridized carbons (Fsp3) is 0.200. The summed E-state index contributed by atoms with van der Waals surface area (Å²) in [4.78, 5) is 22.8. The summed E-state index contributed by atoms with van der Waals surface area (Å²) in [5.74, 6) is -3.25. The van der Waals surface area contributed by atoms with Crippen LogP contribution in [-0.4, -0.2) is 36.8 Å². The molecule has 0 radical (unpaired) electrons. The van der Waals surface area contributed by atoms with Gasteiger partial charge in [-0.15, -0.1) is 0 Å². The van der Waals surface area contributed by atoms with Crippen molar-refractivity contribution in [2.45, 2.75) is 12.1 Å². The fourth-order valence-electron chi connectivity index (χ4n) is 2.45. The molecule has 0 saturated heterocycles. The Kier molecular flexibility index (Phi) is 11.0. The summed E-state index contributed by atoms with van der Waals surface area (Å²) in [6, 6.07) is 6.54. The average molecular weight is 577 g/mol. The van der Waals surface area contributed by atoms with E-state index >= 15 is 0 Å². The molecule has 2 rings (SSSR count). The Morgan fingerprint density at radius 3 is 2.19 bits per heavy atom. The number of nitrogens with two attached hydrogens (primary N) is 1. The van der Waals surface area contributed by atoms with Gasteiger partial charge in [0.15, 0.2) is 0 Å². The highest BCUT2D eigenvalue weighted by atomic mass is 79.9. The minimum absolute atomic E-state index is 0.0267. The van der Waals surface area contributed by atoms with E-state index in [0.717, 1.165) is 25.3 Å². The lowest BCUT2D eigenvalue weighted by Gasteiger charge is -2.18. The third kappa shape index (κ3) is 7.97. The molecule has 174 valence electrons. The van der Waals surface area contributed by atoms with Crippen LogP contribution >= 0.6 is 50.7 Å². The molecule has 2 aromatic rings. The maximum atomic E-state index is 13.6. The number of aliphatic hydroxyl groups excluding tert-OH is 1. The molecular weight excluding hydrogens is 559 g/mol. The summed E-state index contributed by atoms with van der Waals surface area (Å²) >= 11 is 20.7. The van der Waals surface area contributed by atoms with Gasteiger partial charge in [-0.05, 0) is 51.3 Å². The second-order valence-electron chi connectivity index (χ2n) is 6.07. The molecule has 2 aromatic carbocycles. The van der Waals surface area contributed by atoms with Crippen LogP contribution in [0.3, 0.4) is 0 Å². The number of halogens is 7. The number of primary amides is 1. The van der Waals surface area contributed by atoms with E-state index in [1.807, 2.05) is 0 Å². The number of amides is 2. The smallest absolute Gasteiger partial charge is 0.399 e. The van der Waals surface area contributed by atoms with Gasteiger partial charge in [-0.2, -0.15) is 13.2 Å². The molecule has 4 N–H and O–H groups in total. The van der Waals surface area contributed by atoms with Crippen LogP contribution in [0.1, 0.15) is 27.4 Å². The maximum absolute atomic E-state index is 13.6. The second-order valence-corrected chi connectivity index (χ2v) is 8.11. The quantitative estimate of drug-likeness (QED) is 0.392. The van der Waals surface area contributed by atoms with Crippen molar-refractivity contribution in [3.63, 3.8) is 0 Å². The molecule has 0 fully saturated rings. The highest BCUT2D eigenvalue weighted by molar-refractivity contribution is 9.10. The largest absolute Gasteiger partial charge is 0.400 e. The predicted octanol–water partition coefficient (Wildman–Crippen LogP) is 5.59. The molecule has 12 heteroatoms. The molecule has 5 nitrogen and oxygen atoms in total. The number of nitrogens with one attached hydrogen (secondary N) is 1. The normalized spacial score (nSPS) is 12.2. The number of rotatable bonds is 6. The summed E-state index contributed by atoms with van der Waals surface area (Å²) in [5.41, 5.74) is 5.39. The van der Waals surface area contributed by atoms with Crippen LogP contribution < -0.4 is 11.1 Å². The van der Waals surface area contributed by atoms with Crippen LogP contribution in [0.2, 0.25) is 15.1 Å². The van der Waals surface area contributed by atoms with Gasteiger partial charge >= 0.3 is 6.18 Å². The molecule has 0 heterocycles. The Hall–Kier alpha value is -1.78. The van der Waals surface area contributed by atoms with Crippen molar-refractivity contribution in [1.82, 2.24) is 5.32 Å². The topological polar surface area (TPSA) is 92.4 Å². The first-order chi connectivity index (χ1) is 14.9. The predicted molar refractivity (Wildman–Crippen MR) is 123 cm³/mol. The van der Waals surface area contributed by atoms with Gasteiger partial charge in [-0.3, -0.25) is 9.59 Å². The lowest BCUT2D eigenvalue weighted by molar-refractivity contribution is -0.139. The van der Waals surface area contributed by atoms with Crippen molar-refractivity contribution in [1.29, 1.82) is 0 Å². The Balaban J connectivity index is 0.00000249. The molecule has 0 aliphatic rings. The molecule has 0 spiro atoms. The Morgan fingerprint density at radius 1 is 1.16 bits per heavy atom. The van der Waals surface area contributed by atoms with Crippen LogP contribution in [0.4, 0.5) is 13.2 Å². The highest BCUT2D eigenvalue weighted by Crippen LogP contribution is 2.41. The molecule has 0 aliphatic heterocycles. The Bertz CT molecular complexity index is 994. The van der Waals surface area contributed by atoms with E-state index in [2.05, 4.69) is 21.2 Å². The van der Waals surface area contributed by atoms with Gasteiger partial charge in [0.2, 0.25) is 5.91 Å². The zero-order chi connectivity index (χ0) is 24.6. The van der Waals surface area contributed by atoms with Gasteiger partial charge in [0.25, 0.3) is 5.91 Å². The van der Waals surface area contributed by atoms with Gasteiger partial charge < -0.3 is 16.2 Å². The molecule has 1 atom stereocenters. The lowest BCUT2D eigenvalue weighted by atomic mass is 9.97. The number of hydrogen-bond donors (Lipinski definition) is 3. The van der Waals surface area contributed by atoms with Gasteiger partial charge in [-0.25, -0.2) is 0 Å². The molecule has 1 unspecified atom stereocenters. The molecule has 0 saturated carbocycles. The third-order valence-electron chi connectivity index (χ3n) is 3.86. The number of hydrogen-bond acceptors (Lipinski definition) is 3. The molecule has 0 bridgehead atoms. The van der Waals surface area contributed by atoms with Crippen molar-refractivity contribution < 1.29 is 27.9 Å². The van der Waals surface area contributed by atoms with Crippen molar-refractivity contribution >= 4 is 68.6 Å². The number of carbonyl (C=O) groups is 2. The van der Waals surface area contributed by atoms with Gasteiger partial charge in [0.1, 0.15) is 0 Å². The number of benzene rings is 2. The maximum Gasteiger partial charge on any atom is 0.399 e. The summed E-state index contributed by atoms with van der Waals surface area (Å²) in [5, 5.41) is 9.12. The van der Waals surface area contributed by atoms with E-state index in [-0.39, 0.29) is 32.7 Å². The summed E-state index contributed by atoms with van der Waals surface area (Å²) in [6.07, 6.45) is -2.41. The molecular formula is C20H17BrCl3F3N2O3. The van der Waals surface area contributed by atoms with Crippen LogP contribution in [0.5, 0.6) is 0 Å². The third-order valence-corrected chi connectivity index (χ3v) is 5.71.